The van der Waals surface area contributed by atoms with Gasteiger partial charge in [0.2, 0.25) is 5.96 Å². The fourth-order valence-electron chi connectivity index (χ4n) is 0.951. The summed E-state index contributed by atoms with van der Waals surface area (Å²) in [4.78, 5) is 24.2. The lowest BCUT2D eigenvalue weighted by Crippen LogP contribution is -2.50. The van der Waals surface area contributed by atoms with Gasteiger partial charge in [0.1, 0.15) is 11.2 Å². The second-order valence-electron chi connectivity index (χ2n) is 5.82. The van der Waals surface area contributed by atoms with Gasteiger partial charge in [-0.2, -0.15) is 0 Å². The zero-order valence-electron chi connectivity index (χ0n) is 12.3. The van der Waals surface area contributed by atoms with Gasteiger partial charge in [0.15, 0.2) is 0 Å². The maximum atomic E-state index is 11.9. The second-order valence-corrected chi connectivity index (χ2v) is 5.82. The van der Waals surface area contributed by atoms with E-state index in [1.54, 1.807) is 41.5 Å². The summed E-state index contributed by atoms with van der Waals surface area (Å²) >= 11 is 0. The van der Waals surface area contributed by atoms with Crippen molar-refractivity contribution >= 4 is 18.1 Å². The van der Waals surface area contributed by atoms with Crippen molar-refractivity contribution < 1.29 is 19.1 Å². The Morgan fingerprint density at radius 3 is 1.53 bits per heavy atom. The first kappa shape index (κ1) is 17.2. The van der Waals surface area contributed by atoms with E-state index in [1.165, 1.54) is 0 Å². The lowest BCUT2D eigenvalue weighted by Gasteiger charge is -2.28. The van der Waals surface area contributed by atoms with E-state index in [0.29, 0.717) is 4.90 Å². The van der Waals surface area contributed by atoms with Crippen LogP contribution in [0.3, 0.4) is 0 Å². The molecule has 1 radical (unpaired) electrons. The molecule has 0 aliphatic carbocycles. The number of ether oxygens (including phenoxy) is 2. The van der Waals surface area contributed by atoms with E-state index in [4.69, 9.17) is 14.9 Å². The number of amides is 2. The third-order valence-electron chi connectivity index (χ3n) is 1.54. The summed E-state index contributed by atoms with van der Waals surface area (Å²) in [6.07, 6.45) is -1.99. The van der Waals surface area contributed by atoms with Crippen LogP contribution in [0.2, 0.25) is 0 Å². The van der Waals surface area contributed by atoms with E-state index < -0.39 is 29.3 Å². The van der Waals surface area contributed by atoms with Crippen LogP contribution in [0.4, 0.5) is 9.59 Å². The minimum atomic E-state index is -0.997. The van der Waals surface area contributed by atoms with Crippen LogP contribution in [-0.4, -0.2) is 34.2 Å². The molecule has 0 unspecified atom stereocenters. The van der Waals surface area contributed by atoms with Crippen molar-refractivity contribution in [1.29, 1.82) is 5.41 Å². The van der Waals surface area contributed by atoms with E-state index in [1.807, 2.05) is 0 Å². The van der Waals surface area contributed by atoms with Gasteiger partial charge in [-0.1, -0.05) is 0 Å². The van der Waals surface area contributed by atoms with Crippen LogP contribution in [0.5, 0.6) is 0 Å². The average molecular weight is 272 g/mol. The molecule has 0 aromatic carbocycles. The molecule has 0 aromatic rings. The fraction of sp³-hybridized carbons (Fsp3) is 0.667. The maximum Gasteiger partial charge on any atom is 0.427 e. The molecule has 7 nitrogen and oxygen atoms in total. The predicted octanol–water partition coefficient (Wildman–Crippen LogP) is 2.47. The monoisotopic (exact) mass is 272 g/mol. The molecule has 109 valence electrons. The Morgan fingerprint density at radius 1 is 1.00 bits per heavy atom. The van der Waals surface area contributed by atoms with Crippen molar-refractivity contribution in [1.82, 2.24) is 10.2 Å². The molecule has 0 heterocycles. The molecule has 2 amide bonds. The van der Waals surface area contributed by atoms with Crippen molar-refractivity contribution in [2.75, 3.05) is 0 Å². The number of hydrogen-bond acceptors (Lipinski definition) is 5. The van der Waals surface area contributed by atoms with Crippen molar-refractivity contribution in [3.05, 3.63) is 7.05 Å². The smallest absolute Gasteiger partial charge is 0.427 e. The van der Waals surface area contributed by atoms with Crippen molar-refractivity contribution in [2.24, 2.45) is 0 Å². The molecule has 0 aliphatic heterocycles. The number of carbonyl (C=O) groups is 2. The molecule has 2 N–H and O–H groups in total. The molecule has 0 saturated carbocycles. The van der Waals surface area contributed by atoms with Gasteiger partial charge in [0.05, 0.1) is 0 Å². The Hall–Kier alpha value is -1.79. The number of nitrogens with one attached hydrogen (secondary N) is 2. The van der Waals surface area contributed by atoms with Gasteiger partial charge in [0, 0.05) is 7.05 Å². The fourth-order valence-corrected chi connectivity index (χ4v) is 0.951. The van der Waals surface area contributed by atoms with Gasteiger partial charge in [-0.15, -0.1) is 4.90 Å². The molecule has 0 fully saturated rings. The minimum absolute atomic E-state index is 0.448. The van der Waals surface area contributed by atoms with Crippen LogP contribution < -0.4 is 5.32 Å². The molecule has 0 rings (SSSR count). The zero-order chi connectivity index (χ0) is 15.4. The number of nitrogens with zero attached hydrogens (tertiary/aromatic N) is 1. The summed E-state index contributed by atoms with van der Waals surface area (Å²) in [5, 5.41) is 9.68. The molecule has 19 heavy (non-hydrogen) atoms. The predicted molar refractivity (Wildman–Crippen MR) is 70.5 cm³/mol. The van der Waals surface area contributed by atoms with Crippen LogP contribution in [0.1, 0.15) is 41.5 Å². The largest absolute Gasteiger partial charge is 0.443 e. The second kappa shape index (κ2) is 5.90. The Labute approximate surface area is 113 Å². The maximum absolute atomic E-state index is 11.9. The van der Waals surface area contributed by atoms with E-state index in [-0.39, 0.29) is 0 Å². The Kier molecular flexibility index (Phi) is 5.34. The standard InChI is InChI=1S/C12H22N3O4/c1-11(2,3)18-9(16)15(8(13)14-7)10(17)19-12(4,5)6/h7H2,1-6H3,(H2,13,14). The number of rotatable bonds is 0. The molecule has 0 saturated heterocycles. The van der Waals surface area contributed by atoms with Gasteiger partial charge in [-0.05, 0) is 41.5 Å². The van der Waals surface area contributed by atoms with Crippen LogP contribution in [-0.2, 0) is 9.47 Å². The van der Waals surface area contributed by atoms with Gasteiger partial charge in [-0.25, -0.2) is 9.59 Å². The Bertz CT molecular complexity index is 338. The van der Waals surface area contributed by atoms with E-state index in [0.717, 1.165) is 0 Å². The van der Waals surface area contributed by atoms with Gasteiger partial charge >= 0.3 is 12.2 Å². The lowest BCUT2D eigenvalue weighted by atomic mass is 10.2. The zero-order valence-corrected chi connectivity index (χ0v) is 12.3. The molecular weight excluding hydrogens is 250 g/mol. The first-order valence-electron chi connectivity index (χ1n) is 5.75. The van der Waals surface area contributed by atoms with E-state index >= 15 is 0 Å². The van der Waals surface area contributed by atoms with Crippen molar-refractivity contribution in [3.8, 4) is 0 Å². The molecule has 0 spiro atoms. The van der Waals surface area contributed by atoms with Crippen LogP contribution in [0.25, 0.3) is 0 Å². The lowest BCUT2D eigenvalue weighted by molar-refractivity contribution is 0.0141. The van der Waals surface area contributed by atoms with Gasteiger partial charge in [0.25, 0.3) is 0 Å². The highest BCUT2D eigenvalue weighted by molar-refractivity contribution is 6.06. The molecular formula is C12H22N3O4. The molecule has 0 aromatic heterocycles. The highest BCUT2D eigenvalue weighted by Gasteiger charge is 2.33. The summed E-state index contributed by atoms with van der Waals surface area (Å²) in [5.74, 6) is -0.525. The first-order valence-corrected chi connectivity index (χ1v) is 5.75. The summed E-state index contributed by atoms with van der Waals surface area (Å²) in [6.45, 7) is 9.91. The molecule has 0 aliphatic rings. The normalized spacial score (nSPS) is 11.5. The molecule has 0 bridgehead atoms. The summed E-state index contributed by atoms with van der Waals surface area (Å²) < 4.78 is 10.1. The number of imide groups is 1. The first-order chi connectivity index (χ1) is 8.37. The Balaban J connectivity index is 5.08. The van der Waals surface area contributed by atoms with Gasteiger partial charge < -0.3 is 14.8 Å². The molecule has 7 heteroatoms. The third kappa shape index (κ3) is 6.64. The summed E-state index contributed by atoms with van der Waals surface area (Å²) in [7, 11) is 3.23. The topological polar surface area (TPSA) is 91.7 Å². The highest BCUT2D eigenvalue weighted by atomic mass is 16.6. The van der Waals surface area contributed by atoms with Crippen molar-refractivity contribution in [2.45, 2.75) is 52.7 Å². The highest BCUT2D eigenvalue weighted by Crippen LogP contribution is 2.14. The van der Waals surface area contributed by atoms with E-state index in [9.17, 15) is 9.59 Å². The number of guanidine groups is 1. The minimum Gasteiger partial charge on any atom is -0.443 e. The SMILES string of the molecule is [CH2]NC(=N)N(C(=O)OC(C)(C)C)C(=O)OC(C)(C)C. The third-order valence-corrected chi connectivity index (χ3v) is 1.54. The van der Waals surface area contributed by atoms with Crippen molar-refractivity contribution in [3.63, 3.8) is 0 Å². The quantitative estimate of drug-likeness (QED) is 0.522. The summed E-state index contributed by atoms with van der Waals surface area (Å²) in [6, 6.07) is 0. The van der Waals surface area contributed by atoms with Crippen LogP contribution >= 0.6 is 0 Å². The van der Waals surface area contributed by atoms with Gasteiger partial charge in [-0.3, -0.25) is 5.41 Å². The van der Waals surface area contributed by atoms with Crippen LogP contribution in [0, 0.1) is 12.5 Å². The Morgan fingerprint density at radius 2 is 1.32 bits per heavy atom. The number of carbonyl (C=O) groups excluding carboxylic acids is 2. The summed E-state index contributed by atoms with van der Waals surface area (Å²) in [5.41, 5.74) is -1.59. The van der Waals surface area contributed by atoms with E-state index in [2.05, 4.69) is 12.4 Å². The molecule has 0 atom stereocenters. The number of hydrogen-bond donors (Lipinski definition) is 2. The van der Waals surface area contributed by atoms with Crippen LogP contribution in [0.15, 0.2) is 0 Å². The average Bonchev–Trinajstić information content (AvgIpc) is 2.11.